The fourth-order valence-electron chi connectivity index (χ4n) is 1.25. The maximum atomic E-state index is 6.43. The Hall–Kier alpha value is 0.450. The van der Waals surface area contributed by atoms with Gasteiger partial charge in [-0.05, 0) is 44.0 Å². The minimum atomic E-state index is -0.133. The molecule has 0 aliphatic heterocycles. The van der Waals surface area contributed by atoms with Gasteiger partial charge >= 0.3 is 0 Å². The van der Waals surface area contributed by atoms with E-state index in [-0.39, 0.29) is 5.38 Å². The second-order valence-corrected chi connectivity index (χ2v) is 8.16. The highest BCUT2D eigenvalue weighted by molar-refractivity contribution is 9.12. The zero-order valence-corrected chi connectivity index (χ0v) is 13.7. The Morgan fingerprint density at radius 1 is 1.38 bits per heavy atom. The Kier molecular flexibility index (Phi) is 4.35. The van der Waals surface area contributed by atoms with Crippen molar-refractivity contribution in [1.82, 2.24) is 0 Å². The van der Waals surface area contributed by atoms with Crippen LogP contribution < -0.4 is 4.74 Å². The van der Waals surface area contributed by atoms with E-state index in [4.69, 9.17) is 16.3 Å². The van der Waals surface area contributed by atoms with Crippen LogP contribution in [0.3, 0.4) is 0 Å². The molecule has 1 unspecified atom stereocenters. The fraction of sp³-hybridized carbons (Fsp3) is 0.200. The van der Waals surface area contributed by atoms with E-state index in [9.17, 15) is 0 Å². The maximum Gasteiger partial charge on any atom is 0.129 e. The first-order valence-electron chi connectivity index (χ1n) is 4.33. The zero-order valence-electron chi connectivity index (χ0n) is 8.17. The lowest BCUT2D eigenvalue weighted by molar-refractivity contribution is 0.416. The van der Waals surface area contributed by atoms with E-state index >= 15 is 0 Å². The van der Waals surface area contributed by atoms with Crippen molar-refractivity contribution in [3.63, 3.8) is 0 Å². The van der Waals surface area contributed by atoms with Crippen molar-refractivity contribution in [3.8, 4) is 5.75 Å². The predicted molar refractivity (Wildman–Crippen MR) is 78.3 cm³/mol. The zero-order chi connectivity index (χ0) is 11.7. The van der Waals surface area contributed by atoms with Crippen LogP contribution in [0.15, 0.2) is 25.1 Å². The van der Waals surface area contributed by atoms with Crippen LogP contribution >= 0.6 is 66.1 Å². The van der Waals surface area contributed by atoms with Crippen molar-refractivity contribution in [2.75, 3.05) is 7.11 Å². The van der Waals surface area contributed by atoms with Gasteiger partial charge in [0.15, 0.2) is 0 Å². The molecule has 0 amide bonds. The summed E-state index contributed by atoms with van der Waals surface area (Å²) in [5, 5.41) is 1.82. The smallest absolute Gasteiger partial charge is 0.129 e. The first-order valence-corrected chi connectivity index (χ1v) is 8.05. The fourth-order valence-corrected chi connectivity index (χ4v) is 5.59. The molecule has 16 heavy (non-hydrogen) atoms. The van der Waals surface area contributed by atoms with Crippen LogP contribution in [0, 0.1) is 0 Å². The van der Waals surface area contributed by atoms with Crippen molar-refractivity contribution >= 4 is 66.1 Å². The van der Waals surface area contributed by atoms with Gasteiger partial charge in [0, 0.05) is 15.8 Å². The summed E-state index contributed by atoms with van der Waals surface area (Å²) in [5.41, 5.74) is 1.09. The van der Waals surface area contributed by atoms with Gasteiger partial charge in [0.1, 0.15) is 5.75 Å². The molecule has 2 aromatic rings. The average molecular weight is 403 g/mol. The van der Waals surface area contributed by atoms with Crippen LogP contribution in [0.2, 0.25) is 0 Å². The number of rotatable bonds is 3. The number of methoxy groups -OCH3 is 1. The van der Waals surface area contributed by atoms with Gasteiger partial charge in [-0.2, -0.15) is 0 Å². The summed E-state index contributed by atoms with van der Waals surface area (Å²) in [7, 11) is 1.66. The summed E-state index contributed by atoms with van der Waals surface area (Å²) in [6.45, 7) is 0. The minimum absolute atomic E-state index is 0.133. The summed E-state index contributed by atoms with van der Waals surface area (Å²) in [6, 6.07) is 4.01. The van der Waals surface area contributed by atoms with Gasteiger partial charge in [-0.3, -0.25) is 0 Å². The van der Waals surface area contributed by atoms with Crippen LogP contribution in [0.25, 0.3) is 0 Å². The standard InChI is InChI=1S/C10H7Br2ClOS2/c1-14-5-2-7(15-4-5)9(13)6-3-8(11)16-10(6)12/h2-4,9H,1H3. The molecule has 0 aromatic carbocycles. The minimum Gasteiger partial charge on any atom is -0.496 e. The molecule has 0 bridgehead atoms. The Morgan fingerprint density at radius 2 is 2.12 bits per heavy atom. The highest BCUT2D eigenvalue weighted by atomic mass is 79.9. The van der Waals surface area contributed by atoms with E-state index in [1.807, 2.05) is 17.5 Å². The van der Waals surface area contributed by atoms with E-state index in [2.05, 4.69) is 31.9 Å². The van der Waals surface area contributed by atoms with Gasteiger partial charge in [0.05, 0.1) is 20.1 Å². The molecule has 0 saturated heterocycles. The lowest BCUT2D eigenvalue weighted by Crippen LogP contribution is -1.88. The molecule has 1 atom stereocenters. The molecule has 0 aliphatic rings. The van der Waals surface area contributed by atoms with Crippen molar-refractivity contribution in [3.05, 3.63) is 35.5 Å². The van der Waals surface area contributed by atoms with E-state index in [0.29, 0.717) is 0 Å². The average Bonchev–Trinajstić information content (AvgIpc) is 2.84. The predicted octanol–water partition coefficient (Wildman–Crippen LogP) is 5.67. The second kappa shape index (κ2) is 5.40. The molecule has 1 nitrogen and oxygen atoms in total. The van der Waals surface area contributed by atoms with Crippen molar-refractivity contribution in [1.29, 1.82) is 0 Å². The van der Waals surface area contributed by atoms with E-state index < -0.39 is 0 Å². The molecular weight excluding hydrogens is 396 g/mol. The second-order valence-electron chi connectivity index (χ2n) is 3.03. The van der Waals surface area contributed by atoms with E-state index in [1.165, 1.54) is 0 Å². The lowest BCUT2D eigenvalue weighted by Gasteiger charge is -2.05. The van der Waals surface area contributed by atoms with Crippen molar-refractivity contribution in [2.24, 2.45) is 0 Å². The summed E-state index contributed by atoms with van der Waals surface area (Å²) in [5.74, 6) is 0.857. The van der Waals surface area contributed by atoms with Gasteiger partial charge in [0.25, 0.3) is 0 Å². The van der Waals surface area contributed by atoms with Crippen molar-refractivity contribution in [2.45, 2.75) is 5.38 Å². The van der Waals surface area contributed by atoms with Gasteiger partial charge in [-0.15, -0.1) is 34.3 Å². The number of hydrogen-bond acceptors (Lipinski definition) is 3. The van der Waals surface area contributed by atoms with Gasteiger partial charge in [0.2, 0.25) is 0 Å². The highest BCUT2D eigenvalue weighted by Crippen LogP contribution is 2.43. The van der Waals surface area contributed by atoms with E-state index in [1.54, 1.807) is 29.8 Å². The van der Waals surface area contributed by atoms with Crippen LogP contribution in [0.5, 0.6) is 5.75 Å². The van der Waals surface area contributed by atoms with E-state index in [0.717, 1.165) is 23.8 Å². The molecule has 86 valence electrons. The number of thiophene rings is 2. The number of ether oxygens (including phenoxy) is 1. The molecule has 0 fully saturated rings. The number of hydrogen-bond donors (Lipinski definition) is 0. The van der Waals surface area contributed by atoms with Crippen molar-refractivity contribution < 1.29 is 4.74 Å². The topological polar surface area (TPSA) is 9.23 Å². The largest absolute Gasteiger partial charge is 0.496 e. The Balaban J connectivity index is 2.31. The highest BCUT2D eigenvalue weighted by Gasteiger charge is 2.18. The third-order valence-electron chi connectivity index (χ3n) is 2.04. The number of alkyl halides is 1. The molecule has 6 heteroatoms. The van der Waals surface area contributed by atoms with Crippen LogP contribution in [0.4, 0.5) is 0 Å². The first kappa shape index (κ1) is 12.9. The molecule has 0 radical (unpaired) electrons. The van der Waals surface area contributed by atoms with Gasteiger partial charge < -0.3 is 4.74 Å². The molecule has 2 rings (SSSR count). The third kappa shape index (κ3) is 2.64. The van der Waals surface area contributed by atoms with Crippen LogP contribution in [-0.4, -0.2) is 7.11 Å². The molecule has 2 aromatic heterocycles. The molecule has 0 aliphatic carbocycles. The Bertz CT molecular complexity index is 495. The Labute approximate surface area is 124 Å². The molecule has 2 heterocycles. The SMILES string of the molecule is COc1csc(C(Cl)c2cc(Br)sc2Br)c1. The molecular formula is C10H7Br2ClOS2. The summed E-state index contributed by atoms with van der Waals surface area (Å²) < 4.78 is 7.28. The quantitative estimate of drug-likeness (QED) is 0.601. The molecule has 0 saturated carbocycles. The summed E-state index contributed by atoms with van der Waals surface area (Å²) in [6.07, 6.45) is 0. The Morgan fingerprint density at radius 3 is 2.62 bits per heavy atom. The van der Waals surface area contributed by atoms with Gasteiger partial charge in [-0.25, -0.2) is 0 Å². The summed E-state index contributed by atoms with van der Waals surface area (Å²) in [4.78, 5) is 1.09. The maximum absolute atomic E-state index is 6.43. The molecule has 0 N–H and O–H groups in total. The van der Waals surface area contributed by atoms with Gasteiger partial charge in [-0.1, -0.05) is 0 Å². The van der Waals surface area contributed by atoms with Crippen LogP contribution in [-0.2, 0) is 0 Å². The first-order chi connectivity index (χ1) is 7.61. The third-order valence-corrected chi connectivity index (χ3v) is 6.00. The normalized spacial score (nSPS) is 12.8. The summed E-state index contributed by atoms with van der Waals surface area (Å²) >= 11 is 16.6. The lowest BCUT2D eigenvalue weighted by atomic mass is 10.2. The number of halogens is 3. The molecule has 0 spiro atoms. The monoisotopic (exact) mass is 400 g/mol. The van der Waals surface area contributed by atoms with Crippen LogP contribution in [0.1, 0.15) is 15.8 Å².